The van der Waals surface area contributed by atoms with E-state index in [0.29, 0.717) is 13.2 Å². The number of hydrogen-bond acceptors (Lipinski definition) is 2. The van der Waals surface area contributed by atoms with Gasteiger partial charge in [-0.2, -0.15) is 0 Å². The van der Waals surface area contributed by atoms with Gasteiger partial charge in [0.05, 0.1) is 20.4 Å². The highest BCUT2D eigenvalue weighted by Gasteiger charge is 2.16. The number of halogens is 2. The molecular weight excluding hydrogens is 478 g/mol. The second-order valence-corrected chi connectivity index (χ2v) is 9.74. The predicted molar refractivity (Wildman–Crippen MR) is 102 cm³/mol. The summed E-state index contributed by atoms with van der Waals surface area (Å²) in [7, 11) is 0. The summed E-state index contributed by atoms with van der Waals surface area (Å²) in [6.07, 6.45) is 0. The third-order valence-electron chi connectivity index (χ3n) is 2.31. The maximum Gasteiger partial charge on any atom is 0.133 e. The molecule has 1 rings (SSSR count). The number of ether oxygens (including phenoxy) is 2. The van der Waals surface area contributed by atoms with Crippen LogP contribution in [0.4, 0.5) is 0 Å². The van der Waals surface area contributed by atoms with E-state index in [-0.39, 0.29) is 10.8 Å². The molecule has 0 atom stereocenters. The van der Waals surface area contributed by atoms with Gasteiger partial charge in [0.15, 0.2) is 0 Å². The van der Waals surface area contributed by atoms with Crippen LogP contribution < -0.4 is 9.47 Å². The summed E-state index contributed by atoms with van der Waals surface area (Å²) in [5.74, 6) is 1.88. The molecule has 0 spiro atoms. The first-order valence-corrected chi connectivity index (χ1v) is 8.88. The van der Waals surface area contributed by atoms with Gasteiger partial charge in [0.1, 0.15) is 11.5 Å². The van der Waals surface area contributed by atoms with Crippen LogP contribution in [0.1, 0.15) is 41.5 Å². The van der Waals surface area contributed by atoms with Crippen molar-refractivity contribution in [3.05, 3.63) is 19.3 Å². The van der Waals surface area contributed by atoms with Gasteiger partial charge >= 0.3 is 0 Å². The Labute approximate surface area is 150 Å². The minimum atomic E-state index is 0.163. The highest BCUT2D eigenvalue weighted by Crippen LogP contribution is 2.33. The van der Waals surface area contributed by atoms with E-state index in [1.165, 1.54) is 0 Å². The van der Waals surface area contributed by atoms with Gasteiger partial charge < -0.3 is 9.47 Å². The largest absolute Gasteiger partial charge is 0.492 e. The zero-order valence-corrected chi connectivity index (χ0v) is 17.5. The van der Waals surface area contributed by atoms with Crippen molar-refractivity contribution in [1.29, 1.82) is 0 Å². The highest BCUT2D eigenvalue weighted by molar-refractivity contribution is 14.1. The molecule has 0 aliphatic heterocycles. The average Bonchev–Trinajstić information content (AvgIpc) is 2.25. The Balaban J connectivity index is 2.81. The fourth-order valence-electron chi connectivity index (χ4n) is 1.32. The van der Waals surface area contributed by atoms with Crippen LogP contribution in [0.5, 0.6) is 11.5 Å². The molecule has 0 aromatic heterocycles. The summed E-state index contributed by atoms with van der Waals surface area (Å²) in [6.45, 7) is 14.5. The molecular formula is C16H24I2O2. The van der Waals surface area contributed by atoms with E-state index in [2.05, 4.69) is 98.9 Å². The summed E-state index contributed by atoms with van der Waals surface area (Å²) >= 11 is 4.61. The van der Waals surface area contributed by atoms with Crippen molar-refractivity contribution in [3.8, 4) is 11.5 Å². The Morgan fingerprint density at radius 1 is 0.750 bits per heavy atom. The first kappa shape index (κ1) is 18.3. The summed E-state index contributed by atoms with van der Waals surface area (Å²) in [4.78, 5) is 0. The van der Waals surface area contributed by atoms with Crippen LogP contribution in [0.25, 0.3) is 0 Å². The number of rotatable bonds is 4. The highest BCUT2D eigenvalue weighted by atomic mass is 127. The maximum atomic E-state index is 5.91. The van der Waals surface area contributed by atoms with Crippen LogP contribution in [-0.2, 0) is 0 Å². The molecule has 0 aliphatic rings. The normalized spacial score (nSPS) is 12.4. The Morgan fingerprint density at radius 3 is 1.30 bits per heavy atom. The second kappa shape index (κ2) is 7.03. The zero-order valence-electron chi connectivity index (χ0n) is 13.1. The van der Waals surface area contributed by atoms with Crippen molar-refractivity contribution in [3.63, 3.8) is 0 Å². The molecule has 2 nitrogen and oxygen atoms in total. The molecule has 0 amide bonds. The van der Waals surface area contributed by atoms with Crippen molar-refractivity contribution < 1.29 is 9.47 Å². The fourth-order valence-corrected chi connectivity index (χ4v) is 2.51. The molecule has 0 N–H and O–H groups in total. The monoisotopic (exact) mass is 502 g/mol. The quantitative estimate of drug-likeness (QED) is 0.489. The van der Waals surface area contributed by atoms with E-state index < -0.39 is 0 Å². The Kier molecular flexibility index (Phi) is 6.44. The molecule has 4 heteroatoms. The molecule has 0 heterocycles. The lowest BCUT2D eigenvalue weighted by molar-refractivity contribution is 0.191. The molecule has 114 valence electrons. The molecule has 0 saturated heterocycles. The van der Waals surface area contributed by atoms with Gasteiger partial charge in [-0.25, -0.2) is 0 Å². The van der Waals surface area contributed by atoms with Crippen molar-refractivity contribution in [2.45, 2.75) is 41.5 Å². The van der Waals surface area contributed by atoms with Crippen LogP contribution in [-0.4, -0.2) is 13.2 Å². The molecule has 1 aromatic rings. The smallest absolute Gasteiger partial charge is 0.133 e. The lowest BCUT2D eigenvalue weighted by Crippen LogP contribution is -2.18. The van der Waals surface area contributed by atoms with E-state index in [1.54, 1.807) is 0 Å². The van der Waals surface area contributed by atoms with Gasteiger partial charge in [-0.3, -0.25) is 0 Å². The first-order chi connectivity index (χ1) is 8.98. The van der Waals surface area contributed by atoms with Crippen LogP contribution in [0.15, 0.2) is 12.1 Å². The van der Waals surface area contributed by atoms with Crippen LogP contribution in [0.3, 0.4) is 0 Å². The average molecular weight is 502 g/mol. The maximum absolute atomic E-state index is 5.91. The Morgan fingerprint density at radius 2 is 1.05 bits per heavy atom. The van der Waals surface area contributed by atoms with Gasteiger partial charge in [0.2, 0.25) is 0 Å². The number of benzene rings is 1. The molecule has 0 aliphatic carbocycles. The third-order valence-corrected chi connectivity index (χ3v) is 3.99. The van der Waals surface area contributed by atoms with Gasteiger partial charge in [0, 0.05) is 0 Å². The molecule has 0 unspecified atom stereocenters. The minimum Gasteiger partial charge on any atom is -0.492 e. The van der Waals surface area contributed by atoms with Crippen LogP contribution >= 0.6 is 45.2 Å². The molecule has 0 fully saturated rings. The van der Waals surface area contributed by atoms with Gasteiger partial charge in [-0.1, -0.05) is 41.5 Å². The molecule has 20 heavy (non-hydrogen) atoms. The lowest BCUT2D eigenvalue weighted by atomic mass is 9.98. The first-order valence-electron chi connectivity index (χ1n) is 6.73. The predicted octanol–water partition coefficient (Wildman–Crippen LogP) is 5.75. The van der Waals surface area contributed by atoms with E-state index in [9.17, 15) is 0 Å². The van der Waals surface area contributed by atoms with Crippen molar-refractivity contribution in [1.82, 2.24) is 0 Å². The topological polar surface area (TPSA) is 18.5 Å². The van der Waals surface area contributed by atoms with Gasteiger partial charge in [-0.15, -0.1) is 0 Å². The molecule has 0 radical (unpaired) electrons. The van der Waals surface area contributed by atoms with Crippen molar-refractivity contribution >= 4 is 45.2 Å². The summed E-state index contributed by atoms with van der Waals surface area (Å²) < 4.78 is 14.0. The van der Waals surface area contributed by atoms with Crippen LogP contribution in [0, 0.1) is 18.0 Å². The van der Waals surface area contributed by atoms with E-state index in [1.807, 2.05) is 0 Å². The van der Waals surface area contributed by atoms with Gasteiger partial charge in [0.25, 0.3) is 0 Å². The van der Waals surface area contributed by atoms with E-state index in [4.69, 9.17) is 9.47 Å². The molecule has 0 saturated carbocycles. The van der Waals surface area contributed by atoms with Crippen molar-refractivity contribution in [2.24, 2.45) is 10.8 Å². The standard InChI is InChI=1S/C16H24I2O2/c1-15(2,3)9-19-13-7-12(18)14(8-11(13)17)20-10-16(4,5)6/h7-8H,9-10H2,1-6H3. The molecule has 0 bridgehead atoms. The number of hydrogen-bond donors (Lipinski definition) is 0. The zero-order chi connectivity index (χ0) is 15.6. The summed E-state index contributed by atoms with van der Waals surface area (Å²) in [5.41, 5.74) is 0.325. The molecule has 1 aromatic carbocycles. The second-order valence-electron chi connectivity index (χ2n) is 7.41. The Hall–Kier alpha value is 0.280. The minimum absolute atomic E-state index is 0.163. The van der Waals surface area contributed by atoms with E-state index >= 15 is 0 Å². The lowest BCUT2D eigenvalue weighted by Gasteiger charge is -2.22. The van der Waals surface area contributed by atoms with Crippen molar-refractivity contribution in [2.75, 3.05) is 13.2 Å². The Bertz CT molecular complexity index is 413. The summed E-state index contributed by atoms with van der Waals surface area (Å²) in [5, 5.41) is 0. The third kappa shape index (κ3) is 6.83. The van der Waals surface area contributed by atoms with E-state index in [0.717, 1.165) is 18.6 Å². The van der Waals surface area contributed by atoms with Crippen LogP contribution in [0.2, 0.25) is 0 Å². The SMILES string of the molecule is CC(C)(C)COc1cc(I)c(OCC(C)(C)C)cc1I. The fraction of sp³-hybridized carbons (Fsp3) is 0.625. The van der Waals surface area contributed by atoms with Gasteiger partial charge in [-0.05, 0) is 68.1 Å². The summed E-state index contributed by atoms with van der Waals surface area (Å²) in [6, 6.07) is 4.12.